The maximum absolute atomic E-state index is 8.97. The summed E-state index contributed by atoms with van der Waals surface area (Å²) in [7, 11) is 0. The van der Waals surface area contributed by atoms with Crippen molar-refractivity contribution in [2.75, 3.05) is 44.2 Å². The number of hydrogen-bond acceptors (Lipinski definition) is 4. The molecule has 1 aliphatic rings. The molecule has 0 spiro atoms. The Balaban J connectivity index is 1.83. The van der Waals surface area contributed by atoms with Crippen LogP contribution in [0.1, 0.15) is 0 Å². The summed E-state index contributed by atoms with van der Waals surface area (Å²) >= 11 is 11.5. The van der Waals surface area contributed by atoms with Crippen molar-refractivity contribution in [2.45, 2.75) is 0 Å². The molecule has 1 fully saturated rings. The summed E-state index contributed by atoms with van der Waals surface area (Å²) in [5, 5.41) is 9.71. The highest BCUT2D eigenvalue weighted by atomic mass is 35.5. The minimum absolute atomic E-state index is 0.215. The molecule has 0 aliphatic carbocycles. The molecule has 0 amide bonds. The largest absolute Gasteiger partial charge is 0.395 e. The topological polar surface area (TPSA) is 58.3 Å². The quantitative estimate of drug-likeness (QED) is 0.759. The number of aromatic amines is 2. The van der Waals surface area contributed by atoms with Crippen LogP contribution in [0.15, 0.2) is 12.1 Å². The maximum Gasteiger partial charge on any atom is 0.175 e. The number of aliphatic hydroxyl groups is 1. The predicted molar refractivity (Wildman–Crippen MR) is 84.2 cm³/mol. The molecule has 1 aromatic heterocycles. The zero-order chi connectivity index (χ0) is 14.1. The molecule has 108 valence electrons. The first-order chi connectivity index (χ1) is 9.67. The molecular weight excluding hydrogens is 296 g/mol. The van der Waals surface area contributed by atoms with Crippen LogP contribution in [0, 0.1) is 4.77 Å². The lowest BCUT2D eigenvalue weighted by molar-refractivity contribution is 0.189. The Morgan fingerprint density at radius 2 is 1.80 bits per heavy atom. The van der Waals surface area contributed by atoms with Gasteiger partial charge in [-0.1, -0.05) is 11.6 Å². The van der Waals surface area contributed by atoms with Crippen molar-refractivity contribution < 1.29 is 5.11 Å². The highest BCUT2D eigenvalue weighted by Gasteiger charge is 2.19. The molecule has 0 atom stereocenters. The van der Waals surface area contributed by atoms with E-state index in [1.54, 1.807) is 0 Å². The Kier molecular flexibility index (Phi) is 3.98. The smallest absolute Gasteiger partial charge is 0.175 e. The number of piperazine rings is 1. The third-order valence-electron chi connectivity index (χ3n) is 3.71. The molecular formula is C13H17ClN4OS. The first kappa shape index (κ1) is 13.9. The average molecular weight is 313 g/mol. The van der Waals surface area contributed by atoms with E-state index in [4.69, 9.17) is 28.9 Å². The Hall–Kier alpha value is -1.08. The monoisotopic (exact) mass is 312 g/mol. The van der Waals surface area contributed by atoms with Crippen LogP contribution in [-0.2, 0) is 0 Å². The SMILES string of the molecule is OCCN1CCN(c2cc3[nH]c(=S)[nH]c3cc2Cl)CC1. The van der Waals surface area contributed by atoms with Crippen LogP contribution in [-0.4, -0.2) is 59.3 Å². The third kappa shape index (κ3) is 2.69. The predicted octanol–water partition coefficient (Wildman–Crippen LogP) is 1.99. The number of H-pyrrole nitrogens is 2. The van der Waals surface area contributed by atoms with Gasteiger partial charge in [0.2, 0.25) is 0 Å². The van der Waals surface area contributed by atoms with Crippen molar-refractivity contribution >= 4 is 40.5 Å². The van der Waals surface area contributed by atoms with Crippen molar-refractivity contribution in [1.29, 1.82) is 0 Å². The second-order valence-corrected chi connectivity index (χ2v) is 5.80. The molecule has 3 rings (SSSR count). The van der Waals surface area contributed by atoms with Crippen molar-refractivity contribution in [1.82, 2.24) is 14.9 Å². The fraction of sp³-hybridized carbons (Fsp3) is 0.462. The molecule has 2 heterocycles. The van der Waals surface area contributed by atoms with Gasteiger partial charge in [-0.05, 0) is 24.4 Å². The van der Waals surface area contributed by atoms with Gasteiger partial charge in [-0.15, -0.1) is 0 Å². The van der Waals surface area contributed by atoms with Gasteiger partial charge in [0.25, 0.3) is 0 Å². The number of anilines is 1. The van der Waals surface area contributed by atoms with Gasteiger partial charge < -0.3 is 20.0 Å². The Bertz CT molecular complexity index is 660. The molecule has 0 bridgehead atoms. The van der Waals surface area contributed by atoms with Crippen LogP contribution in [0.2, 0.25) is 5.02 Å². The number of aromatic nitrogens is 2. The van der Waals surface area contributed by atoms with Gasteiger partial charge in [0.15, 0.2) is 4.77 Å². The van der Waals surface area contributed by atoms with E-state index >= 15 is 0 Å². The summed E-state index contributed by atoms with van der Waals surface area (Å²) in [6.07, 6.45) is 0. The third-order valence-corrected chi connectivity index (χ3v) is 4.22. The zero-order valence-electron chi connectivity index (χ0n) is 11.0. The number of β-amino-alcohol motifs (C(OH)–C–C–N with tert-alkyl or cyclic N) is 1. The molecule has 1 saturated heterocycles. The van der Waals surface area contributed by atoms with E-state index in [0.717, 1.165) is 54.5 Å². The van der Waals surface area contributed by atoms with E-state index in [1.165, 1.54) is 0 Å². The normalized spacial score (nSPS) is 17.0. The highest BCUT2D eigenvalue weighted by Crippen LogP contribution is 2.30. The zero-order valence-corrected chi connectivity index (χ0v) is 12.6. The molecule has 20 heavy (non-hydrogen) atoms. The van der Waals surface area contributed by atoms with Crippen molar-refractivity contribution in [3.63, 3.8) is 0 Å². The lowest BCUT2D eigenvalue weighted by atomic mass is 10.2. The van der Waals surface area contributed by atoms with Gasteiger partial charge in [-0.2, -0.15) is 0 Å². The fourth-order valence-electron chi connectivity index (χ4n) is 2.64. The summed E-state index contributed by atoms with van der Waals surface area (Å²) in [6.45, 7) is 4.67. The van der Waals surface area contributed by atoms with Crippen molar-refractivity contribution in [3.8, 4) is 0 Å². The van der Waals surface area contributed by atoms with Crippen LogP contribution < -0.4 is 4.90 Å². The fourth-order valence-corrected chi connectivity index (χ4v) is 3.14. The summed E-state index contributed by atoms with van der Waals surface area (Å²) in [6, 6.07) is 3.96. The van der Waals surface area contributed by atoms with Gasteiger partial charge in [-0.3, -0.25) is 4.90 Å². The first-order valence-corrected chi connectivity index (χ1v) is 7.45. The van der Waals surface area contributed by atoms with Gasteiger partial charge in [0, 0.05) is 32.7 Å². The van der Waals surface area contributed by atoms with Crippen LogP contribution in [0.5, 0.6) is 0 Å². The summed E-state index contributed by atoms with van der Waals surface area (Å²) in [5.74, 6) is 0. The molecule has 1 aromatic carbocycles. The number of halogens is 1. The van der Waals surface area contributed by atoms with E-state index in [9.17, 15) is 0 Å². The highest BCUT2D eigenvalue weighted by molar-refractivity contribution is 7.71. The van der Waals surface area contributed by atoms with Gasteiger partial charge in [-0.25, -0.2) is 0 Å². The maximum atomic E-state index is 8.97. The summed E-state index contributed by atoms with van der Waals surface area (Å²) in [4.78, 5) is 10.7. The molecule has 0 radical (unpaired) electrons. The lowest BCUT2D eigenvalue weighted by Crippen LogP contribution is -2.47. The Morgan fingerprint density at radius 3 is 2.45 bits per heavy atom. The average Bonchev–Trinajstić information content (AvgIpc) is 2.78. The Labute approximate surface area is 127 Å². The standard InChI is InChI=1S/C13H17ClN4OS/c14-9-7-10-11(16-13(20)15-10)8-12(9)18-3-1-17(2-4-18)5-6-19/h7-8,19H,1-6H2,(H2,15,16,20). The number of imidazole rings is 1. The Morgan fingerprint density at radius 1 is 1.15 bits per heavy atom. The minimum Gasteiger partial charge on any atom is -0.395 e. The number of nitrogens with zero attached hydrogens (tertiary/aromatic N) is 2. The second-order valence-electron chi connectivity index (χ2n) is 4.98. The molecule has 2 aromatic rings. The number of rotatable bonds is 3. The summed E-state index contributed by atoms with van der Waals surface area (Å²) in [5.41, 5.74) is 2.95. The van der Waals surface area contributed by atoms with E-state index in [0.29, 0.717) is 4.77 Å². The molecule has 5 nitrogen and oxygen atoms in total. The second kappa shape index (κ2) is 5.73. The number of benzene rings is 1. The summed E-state index contributed by atoms with van der Waals surface area (Å²) < 4.78 is 0.612. The van der Waals surface area contributed by atoms with Gasteiger partial charge >= 0.3 is 0 Å². The number of hydrogen-bond donors (Lipinski definition) is 3. The van der Waals surface area contributed by atoms with Crippen LogP contribution in [0.4, 0.5) is 5.69 Å². The van der Waals surface area contributed by atoms with Gasteiger partial charge in [0.05, 0.1) is 28.4 Å². The number of fused-ring (bicyclic) bond motifs is 1. The van der Waals surface area contributed by atoms with E-state index < -0.39 is 0 Å². The van der Waals surface area contributed by atoms with Crippen LogP contribution >= 0.6 is 23.8 Å². The van der Waals surface area contributed by atoms with E-state index in [2.05, 4.69) is 19.8 Å². The van der Waals surface area contributed by atoms with Crippen molar-refractivity contribution in [2.24, 2.45) is 0 Å². The molecule has 0 unspecified atom stereocenters. The molecule has 1 aliphatic heterocycles. The van der Waals surface area contributed by atoms with Crippen molar-refractivity contribution in [3.05, 3.63) is 21.9 Å². The molecule has 0 saturated carbocycles. The first-order valence-electron chi connectivity index (χ1n) is 6.67. The molecule has 3 N–H and O–H groups in total. The minimum atomic E-state index is 0.215. The number of aliphatic hydroxyl groups excluding tert-OH is 1. The molecule has 7 heteroatoms. The number of nitrogens with one attached hydrogen (secondary N) is 2. The van der Waals surface area contributed by atoms with E-state index in [1.807, 2.05) is 12.1 Å². The van der Waals surface area contributed by atoms with Gasteiger partial charge in [0.1, 0.15) is 0 Å². The lowest BCUT2D eigenvalue weighted by Gasteiger charge is -2.36. The van der Waals surface area contributed by atoms with Crippen LogP contribution in [0.3, 0.4) is 0 Å². The van der Waals surface area contributed by atoms with E-state index in [-0.39, 0.29) is 6.61 Å². The van der Waals surface area contributed by atoms with Crippen LogP contribution in [0.25, 0.3) is 11.0 Å².